The van der Waals surface area contributed by atoms with Crippen LogP contribution in [0.2, 0.25) is 0 Å². The summed E-state index contributed by atoms with van der Waals surface area (Å²) >= 11 is 0. The fourth-order valence-electron chi connectivity index (χ4n) is 2.99. The molecule has 11 heteroatoms. The van der Waals surface area contributed by atoms with Crippen molar-refractivity contribution in [2.45, 2.75) is 38.4 Å². The van der Waals surface area contributed by atoms with Crippen LogP contribution in [0.1, 0.15) is 23.8 Å². The maximum absolute atomic E-state index is 12.2. The zero-order chi connectivity index (χ0) is 21.0. The molecule has 2 N–H and O–H groups in total. The second-order valence-corrected chi connectivity index (χ2v) is 8.19. The van der Waals surface area contributed by atoms with Crippen molar-refractivity contribution in [3.05, 3.63) is 68.5 Å². The highest BCUT2D eigenvalue weighted by atomic mass is 31.2. The number of rotatable bonds is 8. The number of nitrogens with zero attached hydrogens (tertiary/aromatic N) is 1. The summed E-state index contributed by atoms with van der Waals surface area (Å²) in [6.45, 7) is 1.60. The molecule has 1 aliphatic rings. The van der Waals surface area contributed by atoms with E-state index in [0.717, 1.165) is 12.7 Å². The van der Waals surface area contributed by atoms with Crippen molar-refractivity contribution >= 4 is 7.82 Å². The lowest BCUT2D eigenvalue weighted by molar-refractivity contribution is -0.0652. The molecule has 2 aromatic rings. The Labute approximate surface area is 166 Å². The molecule has 1 aromatic carbocycles. The van der Waals surface area contributed by atoms with Crippen molar-refractivity contribution < 1.29 is 28.0 Å². The molecule has 2 heterocycles. The summed E-state index contributed by atoms with van der Waals surface area (Å²) in [6, 6.07) is 9.47. The van der Waals surface area contributed by atoms with Crippen molar-refractivity contribution in [2.24, 2.45) is 0 Å². The lowest BCUT2D eigenvalue weighted by atomic mass is 10.1. The highest BCUT2D eigenvalue weighted by Gasteiger charge is 2.39. The summed E-state index contributed by atoms with van der Waals surface area (Å²) in [7, 11) is -3.14. The topological polar surface area (TPSA) is 129 Å². The van der Waals surface area contributed by atoms with E-state index < -0.39 is 37.5 Å². The van der Waals surface area contributed by atoms with Crippen LogP contribution in [0.5, 0.6) is 0 Å². The van der Waals surface area contributed by atoms with Gasteiger partial charge in [-0.05, 0) is 12.5 Å². The number of phosphoric ester groups is 1. The predicted octanol–water partition coefficient (Wildman–Crippen LogP) is 1.48. The first-order valence-electron chi connectivity index (χ1n) is 8.95. The van der Waals surface area contributed by atoms with Gasteiger partial charge in [-0.1, -0.05) is 30.3 Å². The molecule has 1 fully saturated rings. The highest BCUT2D eigenvalue weighted by molar-refractivity contribution is 7.47. The SMILES string of the molecule is COP(=O)(O)OC[C@H]1O[C@@H](n2cc(C)c(=O)[nH]c2=O)C[C@@H]1OCc1ccccc1. The van der Waals surface area contributed by atoms with Crippen LogP contribution in [0.4, 0.5) is 0 Å². The number of aromatic nitrogens is 2. The molecule has 29 heavy (non-hydrogen) atoms. The van der Waals surface area contributed by atoms with Gasteiger partial charge in [-0.3, -0.25) is 23.4 Å². The Bertz CT molecular complexity index is 989. The summed E-state index contributed by atoms with van der Waals surface area (Å²) in [6.07, 6.45) is -0.271. The zero-order valence-corrected chi connectivity index (χ0v) is 16.9. The van der Waals surface area contributed by atoms with Gasteiger partial charge in [-0.25, -0.2) is 9.36 Å². The van der Waals surface area contributed by atoms with Gasteiger partial charge in [0.1, 0.15) is 12.3 Å². The monoisotopic (exact) mass is 426 g/mol. The van der Waals surface area contributed by atoms with Crippen LogP contribution in [0.25, 0.3) is 0 Å². The van der Waals surface area contributed by atoms with E-state index in [-0.39, 0.29) is 13.0 Å². The molecule has 158 valence electrons. The first-order chi connectivity index (χ1) is 13.8. The van der Waals surface area contributed by atoms with Crippen molar-refractivity contribution in [1.29, 1.82) is 0 Å². The van der Waals surface area contributed by atoms with Crippen LogP contribution in [0, 0.1) is 6.92 Å². The number of aryl methyl sites for hydroxylation is 1. The Balaban J connectivity index is 1.77. The van der Waals surface area contributed by atoms with Crippen molar-refractivity contribution in [3.8, 4) is 0 Å². The second kappa shape index (κ2) is 9.17. The molecule has 1 saturated heterocycles. The Morgan fingerprint density at radius 2 is 2.03 bits per heavy atom. The molecule has 0 amide bonds. The number of nitrogens with one attached hydrogen (secondary N) is 1. The minimum absolute atomic E-state index is 0.269. The summed E-state index contributed by atoms with van der Waals surface area (Å²) in [5.41, 5.74) is 0.215. The first-order valence-corrected chi connectivity index (χ1v) is 10.4. The Morgan fingerprint density at radius 3 is 2.72 bits per heavy atom. The maximum atomic E-state index is 12.2. The molecular formula is C18H23N2O8P. The third kappa shape index (κ3) is 5.51. The Kier molecular flexibility index (Phi) is 6.84. The van der Waals surface area contributed by atoms with E-state index in [4.69, 9.17) is 14.0 Å². The number of H-pyrrole nitrogens is 1. The van der Waals surface area contributed by atoms with Gasteiger partial charge in [0.25, 0.3) is 5.56 Å². The second-order valence-electron chi connectivity index (χ2n) is 6.63. The molecule has 4 atom stereocenters. The van der Waals surface area contributed by atoms with Gasteiger partial charge >= 0.3 is 13.5 Å². The molecule has 1 aromatic heterocycles. The van der Waals surface area contributed by atoms with Crippen molar-refractivity contribution in [2.75, 3.05) is 13.7 Å². The van der Waals surface area contributed by atoms with Gasteiger partial charge in [0.15, 0.2) is 0 Å². The zero-order valence-electron chi connectivity index (χ0n) is 16.0. The molecular weight excluding hydrogens is 403 g/mol. The van der Waals surface area contributed by atoms with Crippen LogP contribution in [-0.2, 0) is 29.7 Å². The molecule has 1 aliphatic heterocycles. The van der Waals surface area contributed by atoms with E-state index in [0.29, 0.717) is 12.2 Å². The third-order valence-corrected chi connectivity index (χ3v) is 5.51. The molecule has 0 aliphatic carbocycles. The molecule has 0 radical (unpaired) electrons. The maximum Gasteiger partial charge on any atom is 0.472 e. The van der Waals surface area contributed by atoms with E-state index in [2.05, 4.69) is 9.51 Å². The van der Waals surface area contributed by atoms with Crippen LogP contribution < -0.4 is 11.2 Å². The van der Waals surface area contributed by atoms with Crippen LogP contribution in [0.3, 0.4) is 0 Å². The van der Waals surface area contributed by atoms with Crippen LogP contribution in [-0.4, -0.2) is 40.4 Å². The van der Waals surface area contributed by atoms with Crippen molar-refractivity contribution in [1.82, 2.24) is 9.55 Å². The molecule has 10 nitrogen and oxygen atoms in total. The fourth-order valence-corrected chi connectivity index (χ4v) is 3.44. The van der Waals surface area contributed by atoms with Gasteiger partial charge in [-0.15, -0.1) is 0 Å². The minimum atomic E-state index is -4.20. The van der Waals surface area contributed by atoms with Gasteiger partial charge in [-0.2, -0.15) is 0 Å². The number of aromatic amines is 1. The average Bonchev–Trinajstić information content (AvgIpc) is 3.11. The smallest absolute Gasteiger partial charge is 0.371 e. The lowest BCUT2D eigenvalue weighted by Gasteiger charge is -2.20. The number of hydrogen-bond acceptors (Lipinski definition) is 7. The number of phosphoric acid groups is 1. The number of hydrogen-bond donors (Lipinski definition) is 2. The van der Waals surface area contributed by atoms with E-state index >= 15 is 0 Å². The largest absolute Gasteiger partial charge is 0.472 e. The van der Waals surface area contributed by atoms with Crippen LogP contribution in [0.15, 0.2) is 46.1 Å². The fraction of sp³-hybridized carbons (Fsp3) is 0.444. The van der Waals surface area contributed by atoms with E-state index in [1.54, 1.807) is 6.92 Å². The first kappa shape index (κ1) is 21.6. The molecule has 3 rings (SSSR count). The average molecular weight is 426 g/mol. The standard InChI is InChI=1S/C18H23N2O8P/c1-12-9-20(18(22)19-17(12)21)16-8-14(26-10-13-6-4-3-5-7-13)15(28-16)11-27-29(23,24)25-2/h3-7,9,14-16H,8,10-11H2,1-2H3,(H,23,24)(H,19,21,22)/t14-,15+,16+/m0/s1. The summed E-state index contributed by atoms with van der Waals surface area (Å²) in [5.74, 6) is 0. The van der Waals surface area contributed by atoms with E-state index in [1.165, 1.54) is 10.8 Å². The van der Waals surface area contributed by atoms with Crippen molar-refractivity contribution in [3.63, 3.8) is 0 Å². The van der Waals surface area contributed by atoms with Gasteiger partial charge in [0, 0.05) is 25.3 Å². The van der Waals surface area contributed by atoms with Gasteiger partial charge < -0.3 is 14.4 Å². The van der Waals surface area contributed by atoms with Gasteiger partial charge in [0.2, 0.25) is 0 Å². The summed E-state index contributed by atoms with van der Waals surface area (Å²) < 4.78 is 34.1. The predicted molar refractivity (Wildman–Crippen MR) is 102 cm³/mol. The van der Waals surface area contributed by atoms with E-state index in [9.17, 15) is 19.0 Å². The normalized spacial score (nSPS) is 23.8. The van der Waals surface area contributed by atoms with Crippen LogP contribution >= 0.6 is 7.82 Å². The Morgan fingerprint density at radius 1 is 1.31 bits per heavy atom. The highest BCUT2D eigenvalue weighted by Crippen LogP contribution is 2.43. The quantitative estimate of drug-likeness (QED) is 0.608. The van der Waals surface area contributed by atoms with Gasteiger partial charge in [0.05, 0.1) is 19.3 Å². The summed E-state index contributed by atoms with van der Waals surface area (Å²) in [5, 5.41) is 0. The number of benzene rings is 1. The molecule has 1 unspecified atom stereocenters. The van der Waals surface area contributed by atoms with E-state index in [1.807, 2.05) is 30.3 Å². The molecule has 0 spiro atoms. The number of ether oxygens (including phenoxy) is 2. The summed E-state index contributed by atoms with van der Waals surface area (Å²) in [4.78, 5) is 35.5. The molecule has 0 bridgehead atoms. The molecule has 0 saturated carbocycles. The third-order valence-electron chi connectivity index (χ3n) is 4.58. The minimum Gasteiger partial charge on any atom is -0.371 e. The lowest BCUT2D eigenvalue weighted by Crippen LogP contribution is -2.33. The Hall–Kier alpha value is -2.07.